The minimum absolute atomic E-state index is 0. The Balaban J connectivity index is 0. The van der Waals surface area contributed by atoms with Crippen molar-refractivity contribution in [3.63, 3.8) is 0 Å². The third kappa shape index (κ3) is 11.2. The number of halogens is 7. The van der Waals surface area contributed by atoms with E-state index >= 15 is 0 Å². The Labute approximate surface area is 245 Å². The molecule has 0 heterocycles. The average Bonchev–Trinajstić information content (AvgIpc) is 2.78. The van der Waals surface area contributed by atoms with Gasteiger partial charge in [-0.05, 0) is 46.8 Å². The zero-order valence-electron chi connectivity index (χ0n) is 21.9. The van der Waals surface area contributed by atoms with Gasteiger partial charge in [-0.1, -0.05) is 89.1 Å². The molecule has 0 bridgehead atoms. The Morgan fingerprint density at radius 2 is 1.05 bits per heavy atom. The molecule has 1 nitrogen and oxygen atoms in total. The van der Waals surface area contributed by atoms with Gasteiger partial charge in [0.15, 0.2) is 0 Å². The zero-order chi connectivity index (χ0) is 27.8. The summed E-state index contributed by atoms with van der Waals surface area (Å²) in [5, 5.41) is 11.1. The van der Waals surface area contributed by atoms with Gasteiger partial charge in [-0.15, -0.1) is 11.5 Å². The summed E-state index contributed by atoms with van der Waals surface area (Å²) in [4.78, 5) is 0. The molecule has 0 saturated carbocycles. The molecule has 6 radical (unpaired) electrons. The van der Waals surface area contributed by atoms with Gasteiger partial charge in [0, 0.05) is 37.3 Å². The van der Waals surface area contributed by atoms with Gasteiger partial charge in [-0.2, -0.15) is 26.3 Å². The van der Waals surface area contributed by atoms with E-state index in [1.165, 1.54) is 11.1 Å². The second-order valence-electron chi connectivity index (χ2n) is 10.0. The Hall–Kier alpha value is -1.61. The van der Waals surface area contributed by atoms with E-state index in [-0.39, 0.29) is 47.7 Å². The van der Waals surface area contributed by atoms with Crippen LogP contribution >= 0.6 is 0 Å². The van der Waals surface area contributed by atoms with Crippen molar-refractivity contribution in [1.29, 1.82) is 0 Å². The second kappa shape index (κ2) is 15.2. The average molecular weight is 666 g/mol. The van der Waals surface area contributed by atoms with Crippen LogP contribution in [-0.4, -0.2) is 36.8 Å². The quantitative estimate of drug-likeness (QED) is 0.245. The molecule has 0 N–H and O–H groups in total. The predicted octanol–water partition coefficient (Wildman–Crippen LogP) is 4.57. The number of alkyl halides is 6. The number of hydrogen-bond acceptors (Lipinski definition) is 1. The van der Waals surface area contributed by atoms with E-state index < -0.39 is 23.5 Å². The summed E-state index contributed by atoms with van der Waals surface area (Å²) >= 11 is 0. The summed E-state index contributed by atoms with van der Waals surface area (Å²) in [5.41, 5.74) is 2.66. The Bertz CT molecular complexity index is 992. The maximum absolute atomic E-state index is 12.2. The van der Waals surface area contributed by atoms with Crippen molar-refractivity contribution >= 4 is 24.4 Å². The molecule has 38 heavy (non-hydrogen) atoms. The van der Waals surface area contributed by atoms with Crippen LogP contribution in [0.5, 0.6) is 0 Å². The smallest absolute Gasteiger partial charge is 0.392 e. The normalized spacial score (nSPS) is 15.0. The topological polar surface area (TPSA) is 23.1 Å². The first-order valence-corrected chi connectivity index (χ1v) is 11.1. The van der Waals surface area contributed by atoms with E-state index in [0.29, 0.717) is 6.07 Å². The number of rotatable bonds is 1. The minimum Gasteiger partial charge on any atom is -1.00 e. The Morgan fingerprint density at radius 1 is 0.658 bits per heavy atom. The van der Waals surface area contributed by atoms with Crippen molar-refractivity contribution < 1.29 is 43.9 Å². The van der Waals surface area contributed by atoms with Crippen LogP contribution in [0, 0.1) is 29.7 Å². The Kier molecular flexibility index (Phi) is 15.5. The first-order valence-electron chi connectivity index (χ1n) is 11.1. The largest absolute Gasteiger partial charge is 1.00 e. The third-order valence-corrected chi connectivity index (χ3v) is 5.06. The maximum Gasteiger partial charge on any atom is 0.392 e. The summed E-state index contributed by atoms with van der Waals surface area (Å²) < 4.78 is 73.4. The molecule has 208 valence electrons. The summed E-state index contributed by atoms with van der Waals surface area (Å²) in [6, 6.07) is 5.02. The van der Waals surface area contributed by atoms with Crippen molar-refractivity contribution in [3.8, 4) is 0 Å². The van der Waals surface area contributed by atoms with E-state index in [1.807, 2.05) is 24.3 Å². The van der Waals surface area contributed by atoms with Crippen molar-refractivity contribution in [2.24, 2.45) is 10.8 Å². The molecule has 1 aromatic carbocycles. The molecule has 0 fully saturated rings. The van der Waals surface area contributed by atoms with Crippen molar-refractivity contribution in [2.75, 3.05) is 0 Å². The van der Waals surface area contributed by atoms with Gasteiger partial charge in [-0.25, -0.2) is 0 Å². The van der Waals surface area contributed by atoms with E-state index in [2.05, 4.69) is 78.0 Å². The number of hydrogen-bond donors (Lipinski definition) is 0. The molecule has 0 aliphatic heterocycles. The summed E-state index contributed by atoms with van der Waals surface area (Å²) in [7, 11) is 0. The summed E-state index contributed by atoms with van der Waals surface area (Å²) in [5.74, 6) is 0. The molecule has 3 rings (SSSR count). The number of allylic oxidation sites excluding steroid dienone is 6. The molecule has 0 aromatic heterocycles. The van der Waals surface area contributed by atoms with E-state index in [9.17, 15) is 31.4 Å². The van der Waals surface area contributed by atoms with Gasteiger partial charge in [-0.3, -0.25) is 0 Å². The fraction of sp³-hybridized carbons (Fsp3) is 0.379. The first kappa shape index (κ1) is 38.5. The van der Waals surface area contributed by atoms with Crippen LogP contribution in [0.15, 0.2) is 83.3 Å². The van der Waals surface area contributed by atoms with Crippen molar-refractivity contribution in [1.82, 2.24) is 0 Å². The van der Waals surface area contributed by atoms with Crippen LogP contribution in [0.3, 0.4) is 0 Å². The number of benzene rings is 1. The molecule has 0 amide bonds. The molecular formula is C29H30ClF6OSb-2. The standard InChI is InChI=1S/2C10H13.C9H4F6O.ClH.Sb/c2*1-10(2,3)9-7-5-4-6-8-9;10-8(11,12)7(16,9(13,14)15)6-4-2-1-3-5-6;;/h2*5-8H,1-3H3;1-4H;1H;/q;;-1;;/p-1. The zero-order valence-corrected chi connectivity index (χ0v) is 25.2. The second-order valence-corrected chi connectivity index (χ2v) is 10.0. The van der Waals surface area contributed by atoms with Crippen LogP contribution in [0.1, 0.15) is 47.1 Å². The maximum atomic E-state index is 12.2. The minimum atomic E-state index is -5.97. The van der Waals surface area contributed by atoms with Crippen LogP contribution in [-0.2, 0) is 5.60 Å². The predicted molar refractivity (Wildman–Crippen MR) is 134 cm³/mol. The van der Waals surface area contributed by atoms with Gasteiger partial charge in [0.1, 0.15) is 5.60 Å². The van der Waals surface area contributed by atoms with E-state index in [0.717, 1.165) is 18.2 Å². The molecule has 9 heteroatoms. The van der Waals surface area contributed by atoms with Gasteiger partial charge in [0.05, 0.1) is 0 Å². The third-order valence-electron chi connectivity index (χ3n) is 5.06. The summed E-state index contributed by atoms with van der Waals surface area (Å²) in [6.07, 6.45) is 4.34. The molecule has 1 aromatic rings. The monoisotopic (exact) mass is 664 g/mol. The SMILES string of the molecule is CC(C)(C)C1=CC=C=C[CH]1.CC(C)(C)C1=CC=C=C[CH]1.[Cl-].[O-]C(c1[c]cccc1)(C(F)(F)F)C(F)(F)F.[Sb]. The van der Waals surface area contributed by atoms with Gasteiger partial charge >= 0.3 is 12.4 Å². The molecule has 0 unspecified atom stereocenters. The fourth-order valence-corrected chi connectivity index (χ4v) is 2.85. The molecule has 2 aliphatic rings. The molecule has 0 spiro atoms. The summed E-state index contributed by atoms with van der Waals surface area (Å²) in [6.45, 7) is 13.3. The first-order chi connectivity index (χ1) is 16.3. The molecule has 0 saturated heterocycles. The van der Waals surface area contributed by atoms with Gasteiger partial charge in [0.25, 0.3) is 0 Å². The van der Waals surface area contributed by atoms with Gasteiger partial charge in [0.2, 0.25) is 0 Å². The van der Waals surface area contributed by atoms with E-state index in [4.69, 9.17) is 0 Å². The van der Waals surface area contributed by atoms with Crippen LogP contribution in [0.25, 0.3) is 0 Å². The van der Waals surface area contributed by atoms with Crippen molar-refractivity contribution in [2.45, 2.75) is 59.5 Å². The Morgan fingerprint density at radius 3 is 1.26 bits per heavy atom. The van der Waals surface area contributed by atoms with Gasteiger partial charge < -0.3 is 17.5 Å². The van der Waals surface area contributed by atoms with Crippen molar-refractivity contribution in [3.05, 3.63) is 108 Å². The van der Waals surface area contributed by atoms with Crippen LogP contribution < -0.4 is 17.5 Å². The fourth-order valence-electron chi connectivity index (χ4n) is 2.85. The van der Waals surface area contributed by atoms with E-state index in [1.54, 1.807) is 6.07 Å². The van der Waals surface area contributed by atoms with Crippen LogP contribution in [0.2, 0.25) is 0 Å². The molecular weight excluding hydrogens is 636 g/mol. The van der Waals surface area contributed by atoms with Crippen LogP contribution in [0.4, 0.5) is 26.3 Å². The molecule has 2 aliphatic carbocycles. The molecule has 0 atom stereocenters.